The minimum absolute atomic E-state index is 0.0607. The minimum Gasteiger partial charge on any atom is -0.497 e. The van der Waals surface area contributed by atoms with E-state index in [0.717, 1.165) is 13.1 Å². The van der Waals surface area contributed by atoms with Crippen molar-refractivity contribution in [2.45, 2.75) is 26.9 Å². The van der Waals surface area contributed by atoms with Gasteiger partial charge in [0.1, 0.15) is 11.5 Å². The van der Waals surface area contributed by atoms with Gasteiger partial charge in [0.25, 0.3) is 0 Å². The number of benzene rings is 1. The molecule has 0 saturated carbocycles. The smallest absolute Gasteiger partial charge is 0.238 e. The highest BCUT2D eigenvalue weighted by atomic mass is 16.5. The van der Waals surface area contributed by atoms with Crippen LogP contribution in [0, 0.1) is 5.41 Å². The Morgan fingerprint density at radius 2 is 2.08 bits per heavy atom. The molecule has 1 heterocycles. The van der Waals surface area contributed by atoms with E-state index in [4.69, 9.17) is 14.2 Å². The number of amides is 1. The van der Waals surface area contributed by atoms with E-state index in [9.17, 15) is 4.79 Å². The monoisotopic (exact) mass is 336 g/mol. The maximum Gasteiger partial charge on any atom is 0.238 e. The van der Waals surface area contributed by atoms with Crippen LogP contribution in [-0.2, 0) is 9.53 Å². The molecular formula is C18H28N2O4. The van der Waals surface area contributed by atoms with Crippen molar-refractivity contribution in [3.05, 3.63) is 18.2 Å². The van der Waals surface area contributed by atoms with Crippen molar-refractivity contribution in [3.63, 3.8) is 0 Å². The molecule has 1 fully saturated rings. The zero-order chi connectivity index (χ0) is 17.7. The molecule has 1 aromatic carbocycles. The number of ether oxygens (including phenoxy) is 3. The summed E-state index contributed by atoms with van der Waals surface area (Å²) in [5.41, 5.74) is 0.674. The molecule has 6 heteroatoms. The van der Waals surface area contributed by atoms with E-state index in [0.29, 0.717) is 30.3 Å². The van der Waals surface area contributed by atoms with Gasteiger partial charge < -0.3 is 19.5 Å². The number of methoxy groups -OCH3 is 2. The van der Waals surface area contributed by atoms with E-state index < -0.39 is 0 Å². The van der Waals surface area contributed by atoms with Crippen LogP contribution in [0.25, 0.3) is 0 Å². The molecule has 1 aliphatic rings. The molecule has 1 aliphatic heterocycles. The van der Waals surface area contributed by atoms with E-state index in [1.807, 2.05) is 0 Å². The molecule has 1 saturated heterocycles. The van der Waals surface area contributed by atoms with Crippen molar-refractivity contribution in [2.75, 3.05) is 45.8 Å². The lowest BCUT2D eigenvalue weighted by Gasteiger charge is -2.39. The summed E-state index contributed by atoms with van der Waals surface area (Å²) in [4.78, 5) is 14.5. The Hall–Kier alpha value is -1.79. The number of anilines is 1. The molecule has 0 radical (unpaired) electrons. The van der Waals surface area contributed by atoms with Crippen LogP contribution in [0.4, 0.5) is 5.69 Å². The first-order valence-corrected chi connectivity index (χ1v) is 8.19. The van der Waals surface area contributed by atoms with E-state index in [2.05, 4.69) is 31.0 Å². The van der Waals surface area contributed by atoms with Crippen LogP contribution in [0.3, 0.4) is 0 Å². The molecule has 1 amide bonds. The van der Waals surface area contributed by atoms with Gasteiger partial charge in [-0.25, -0.2) is 0 Å². The van der Waals surface area contributed by atoms with E-state index in [1.165, 1.54) is 0 Å². The summed E-state index contributed by atoms with van der Waals surface area (Å²) in [6, 6.07) is 5.33. The van der Waals surface area contributed by atoms with Gasteiger partial charge in [-0.2, -0.15) is 0 Å². The molecule has 1 atom stereocenters. The van der Waals surface area contributed by atoms with Gasteiger partial charge in [0.05, 0.1) is 39.2 Å². The number of rotatable bonds is 5. The molecule has 1 N–H and O–H groups in total. The number of nitrogens with one attached hydrogen (secondary N) is 1. The van der Waals surface area contributed by atoms with Crippen LogP contribution >= 0.6 is 0 Å². The first-order chi connectivity index (χ1) is 11.3. The van der Waals surface area contributed by atoms with E-state index in [-0.39, 0.29) is 17.4 Å². The Morgan fingerprint density at radius 3 is 2.71 bits per heavy atom. The summed E-state index contributed by atoms with van der Waals surface area (Å²) in [7, 11) is 3.17. The van der Waals surface area contributed by atoms with Gasteiger partial charge in [-0.3, -0.25) is 9.69 Å². The summed E-state index contributed by atoms with van der Waals surface area (Å²) in [6.07, 6.45) is 0.130. The Labute approximate surface area is 144 Å². The first kappa shape index (κ1) is 18.5. The molecule has 0 bridgehead atoms. The third-order valence-corrected chi connectivity index (χ3v) is 4.16. The zero-order valence-electron chi connectivity index (χ0n) is 15.2. The molecular weight excluding hydrogens is 308 g/mol. The SMILES string of the molecule is COc1ccc(OC)c(NC(=O)CN2CCO[C@@H](C(C)(C)C)C2)c1. The van der Waals surface area contributed by atoms with Gasteiger partial charge in [0.15, 0.2) is 0 Å². The average Bonchev–Trinajstić information content (AvgIpc) is 2.54. The predicted octanol–water partition coefficient (Wildman–Crippen LogP) is 2.39. The second kappa shape index (κ2) is 7.85. The highest BCUT2D eigenvalue weighted by Gasteiger charge is 2.31. The average molecular weight is 336 g/mol. The molecule has 0 aromatic heterocycles. The summed E-state index contributed by atoms with van der Waals surface area (Å²) < 4.78 is 16.3. The third-order valence-electron chi connectivity index (χ3n) is 4.16. The van der Waals surface area contributed by atoms with Crippen LogP contribution in [-0.4, -0.2) is 57.4 Å². The number of hydrogen-bond donors (Lipinski definition) is 1. The van der Waals surface area contributed by atoms with Gasteiger partial charge >= 0.3 is 0 Å². The second-order valence-corrected chi connectivity index (χ2v) is 7.07. The van der Waals surface area contributed by atoms with Gasteiger partial charge in [-0.15, -0.1) is 0 Å². The minimum atomic E-state index is -0.0730. The Kier molecular flexibility index (Phi) is 6.07. The molecule has 134 valence electrons. The van der Waals surface area contributed by atoms with Crippen molar-refractivity contribution in [1.29, 1.82) is 0 Å². The second-order valence-electron chi connectivity index (χ2n) is 7.07. The summed E-state index contributed by atoms with van der Waals surface area (Å²) >= 11 is 0. The quantitative estimate of drug-likeness (QED) is 0.895. The maximum absolute atomic E-state index is 12.4. The van der Waals surface area contributed by atoms with Crippen LogP contribution in [0.1, 0.15) is 20.8 Å². The normalized spacial score (nSPS) is 19.0. The molecule has 24 heavy (non-hydrogen) atoms. The molecule has 6 nitrogen and oxygen atoms in total. The van der Waals surface area contributed by atoms with Crippen molar-refractivity contribution in [2.24, 2.45) is 5.41 Å². The largest absolute Gasteiger partial charge is 0.497 e. The standard InChI is InChI=1S/C18H28N2O4/c1-18(2,3)16-11-20(8-9-24-16)12-17(21)19-14-10-13(22-4)6-7-15(14)23-5/h6-7,10,16H,8-9,11-12H2,1-5H3,(H,19,21)/t16-/m1/s1. The first-order valence-electron chi connectivity index (χ1n) is 8.19. The number of carbonyl (C=O) groups excluding carboxylic acids is 1. The lowest BCUT2D eigenvalue weighted by Crippen LogP contribution is -2.50. The molecule has 0 unspecified atom stereocenters. The number of carbonyl (C=O) groups is 1. The number of morpholine rings is 1. The van der Waals surface area contributed by atoms with Gasteiger partial charge in [-0.1, -0.05) is 20.8 Å². The van der Waals surface area contributed by atoms with Crippen LogP contribution < -0.4 is 14.8 Å². The fourth-order valence-electron chi connectivity index (χ4n) is 2.67. The van der Waals surface area contributed by atoms with Crippen molar-refractivity contribution >= 4 is 11.6 Å². The Bertz CT molecular complexity index is 569. The van der Waals surface area contributed by atoms with Gasteiger partial charge in [0.2, 0.25) is 5.91 Å². The number of nitrogens with zero attached hydrogens (tertiary/aromatic N) is 1. The summed E-state index contributed by atoms with van der Waals surface area (Å²) in [5.74, 6) is 1.21. The van der Waals surface area contributed by atoms with E-state index in [1.54, 1.807) is 32.4 Å². The highest BCUT2D eigenvalue weighted by molar-refractivity contribution is 5.94. The molecule has 0 aliphatic carbocycles. The van der Waals surface area contributed by atoms with Crippen molar-refractivity contribution in [1.82, 2.24) is 4.90 Å². The third kappa shape index (κ3) is 4.85. The van der Waals surface area contributed by atoms with Crippen LogP contribution in [0.15, 0.2) is 18.2 Å². The Balaban J connectivity index is 1.98. The summed E-state index contributed by atoms with van der Waals surface area (Å²) in [5, 5.41) is 2.91. The fraction of sp³-hybridized carbons (Fsp3) is 0.611. The molecule has 1 aromatic rings. The number of hydrogen-bond acceptors (Lipinski definition) is 5. The van der Waals surface area contributed by atoms with Crippen LogP contribution in [0.2, 0.25) is 0 Å². The highest BCUT2D eigenvalue weighted by Crippen LogP contribution is 2.29. The van der Waals surface area contributed by atoms with Gasteiger partial charge in [-0.05, 0) is 17.5 Å². The lowest BCUT2D eigenvalue weighted by atomic mass is 9.88. The Morgan fingerprint density at radius 1 is 1.33 bits per heavy atom. The summed E-state index contributed by atoms with van der Waals surface area (Å²) in [6.45, 7) is 8.96. The molecule has 0 spiro atoms. The predicted molar refractivity (Wildman–Crippen MR) is 93.8 cm³/mol. The topological polar surface area (TPSA) is 60.0 Å². The zero-order valence-corrected chi connectivity index (χ0v) is 15.2. The maximum atomic E-state index is 12.4. The lowest BCUT2D eigenvalue weighted by molar-refractivity contribution is -0.121. The van der Waals surface area contributed by atoms with Gasteiger partial charge in [0, 0.05) is 19.2 Å². The molecule has 2 rings (SSSR count). The van der Waals surface area contributed by atoms with Crippen molar-refractivity contribution < 1.29 is 19.0 Å². The fourth-order valence-corrected chi connectivity index (χ4v) is 2.67. The van der Waals surface area contributed by atoms with E-state index >= 15 is 0 Å². The van der Waals surface area contributed by atoms with Crippen molar-refractivity contribution in [3.8, 4) is 11.5 Å². The van der Waals surface area contributed by atoms with Crippen LogP contribution in [0.5, 0.6) is 11.5 Å².